The lowest BCUT2D eigenvalue weighted by Crippen LogP contribution is -2.23. The summed E-state index contributed by atoms with van der Waals surface area (Å²) in [5.41, 5.74) is 0.0454. The quantitative estimate of drug-likeness (QED) is 0.805. The minimum Gasteiger partial charge on any atom is -0.330 e. The van der Waals surface area contributed by atoms with Gasteiger partial charge in [0.05, 0.1) is 31.0 Å². The lowest BCUT2D eigenvalue weighted by atomic mass is 10.3. The van der Waals surface area contributed by atoms with Crippen molar-refractivity contribution in [2.24, 2.45) is 0 Å². The first kappa shape index (κ1) is 14.2. The standard InChI is InChI=1S/C11H12F3N5O/c1-7(2)19-6-15-3-8(19)4-18-5-9(16-17-18)10(20)11(12,13)14/h3,5-7H,4H2,1-2H3. The molecular weight excluding hydrogens is 275 g/mol. The number of carbonyl (C=O) groups excluding carboxylic acids is 1. The molecule has 2 rings (SSSR count). The highest BCUT2D eigenvalue weighted by Crippen LogP contribution is 2.20. The van der Waals surface area contributed by atoms with Gasteiger partial charge in [-0.3, -0.25) is 4.79 Å². The molecule has 0 saturated carbocycles. The number of ketones is 1. The van der Waals surface area contributed by atoms with Crippen molar-refractivity contribution in [2.75, 3.05) is 0 Å². The molecule has 0 unspecified atom stereocenters. The minimum absolute atomic E-state index is 0.160. The fourth-order valence-electron chi connectivity index (χ4n) is 1.71. The van der Waals surface area contributed by atoms with Crippen LogP contribution in [0.4, 0.5) is 13.2 Å². The lowest BCUT2D eigenvalue weighted by molar-refractivity contribution is -0.0888. The second-order valence-corrected chi connectivity index (χ2v) is 4.51. The molecular formula is C11H12F3N5O. The first-order valence-electron chi connectivity index (χ1n) is 5.81. The number of hydrogen-bond donors (Lipinski definition) is 0. The van der Waals surface area contributed by atoms with Crippen molar-refractivity contribution in [1.82, 2.24) is 24.5 Å². The molecule has 108 valence electrons. The van der Waals surface area contributed by atoms with Gasteiger partial charge in [-0.1, -0.05) is 5.21 Å². The Bertz CT molecular complexity index is 614. The number of hydrogen-bond acceptors (Lipinski definition) is 4. The van der Waals surface area contributed by atoms with Crippen LogP contribution in [-0.4, -0.2) is 36.5 Å². The highest BCUT2D eigenvalue weighted by atomic mass is 19.4. The zero-order chi connectivity index (χ0) is 14.9. The average molecular weight is 287 g/mol. The molecule has 0 spiro atoms. The van der Waals surface area contributed by atoms with E-state index in [9.17, 15) is 18.0 Å². The van der Waals surface area contributed by atoms with E-state index in [1.165, 1.54) is 4.68 Å². The number of rotatable bonds is 4. The van der Waals surface area contributed by atoms with Gasteiger partial charge in [0.25, 0.3) is 5.78 Å². The molecule has 0 aliphatic rings. The fourth-order valence-corrected chi connectivity index (χ4v) is 1.71. The van der Waals surface area contributed by atoms with Crippen molar-refractivity contribution in [1.29, 1.82) is 0 Å². The van der Waals surface area contributed by atoms with Gasteiger partial charge >= 0.3 is 6.18 Å². The Morgan fingerprint density at radius 1 is 1.40 bits per heavy atom. The van der Waals surface area contributed by atoms with Crippen LogP contribution in [0, 0.1) is 0 Å². The molecule has 0 aromatic carbocycles. The summed E-state index contributed by atoms with van der Waals surface area (Å²) in [6.45, 7) is 4.09. The summed E-state index contributed by atoms with van der Waals surface area (Å²) in [5, 5.41) is 6.78. The van der Waals surface area contributed by atoms with Crippen molar-refractivity contribution < 1.29 is 18.0 Å². The zero-order valence-electron chi connectivity index (χ0n) is 10.8. The number of nitrogens with zero attached hydrogens (tertiary/aromatic N) is 5. The normalized spacial score (nSPS) is 12.1. The zero-order valence-corrected chi connectivity index (χ0v) is 10.8. The largest absolute Gasteiger partial charge is 0.456 e. The van der Waals surface area contributed by atoms with E-state index in [-0.39, 0.29) is 12.6 Å². The number of halogens is 3. The molecule has 0 aliphatic carbocycles. The van der Waals surface area contributed by atoms with E-state index in [0.29, 0.717) is 0 Å². The fraction of sp³-hybridized carbons (Fsp3) is 0.455. The number of carbonyl (C=O) groups is 1. The Morgan fingerprint density at radius 3 is 2.70 bits per heavy atom. The highest BCUT2D eigenvalue weighted by Gasteiger charge is 2.41. The van der Waals surface area contributed by atoms with Crippen LogP contribution >= 0.6 is 0 Å². The van der Waals surface area contributed by atoms with Crippen molar-refractivity contribution in [3.8, 4) is 0 Å². The van der Waals surface area contributed by atoms with Crippen LogP contribution in [0.15, 0.2) is 18.7 Å². The predicted molar refractivity (Wildman–Crippen MR) is 62.1 cm³/mol. The van der Waals surface area contributed by atoms with E-state index in [2.05, 4.69) is 15.3 Å². The van der Waals surface area contributed by atoms with Gasteiger partial charge in [-0.05, 0) is 13.8 Å². The Hall–Kier alpha value is -2.19. The van der Waals surface area contributed by atoms with Gasteiger partial charge in [0, 0.05) is 6.04 Å². The third-order valence-corrected chi connectivity index (χ3v) is 2.66. The molecule has 0 fully saturated rings. The average Bonchev–Trinajstić information content (AvgIpc) is 2.96. The van der Waals surface area contributed by atoms with Gasteiger partial charge in [0.1, 0.15) is 0 Å². The SMILES string of the molecule is CC(C)n1cncc1Cn1cc(C(=O)C(F)(F)F)nn1. The predicted octanol–water partition coefficient (Wildman–Crippen LogP) is 1.85. The first-order valence-corrected chi connectivity index (χ1v) is 5.81. The molecule has 2 heterocycles. The number of Topliss-reactive ketones (excluding diaryl/α,β-unsaturated/α-hetero) is 1. The smallest absolute Gasteiger partial charge is 0.330 e. The Morgan fingerprint density at radius 2 is 2.10 bits per heavy atom. The van der Waals surface area contributed by atoms with Crippen molar-refractivity contribution in [2.45, 2.75) is 32.6 Å². The number of imidazole rings is 1. The summed E-state index contributed by atoms with van der Waals surface area (Å²) < 4.78 is 39.8. The topological polar surface area (TPSA) is 65.6 Å². The molecule has 9 heteroatoms. The van der Waals surface area contributed by atoms with E-state index >= 15 is 0 Å². The molecule has 2 aromatic heterocycles. The number of aromatic nitrogens is 5. The minimum atomic E-state index is -4.94. The Labute approximate surface area is 112 Å². The van der Waals surface area contributed by atoms with E-state index < -0.39 is 17.7 Å². The summed E-state index contributed by atoms with van der Waals surface area (Å²) in [6.07, 6.45) is -0.750. The molecule has 0 amide bonds. The lowest BCUT2D eigenvalue weighted by Gasteiger charge is -2.11. The molecule has 0 saturated heterocycles. The maximum Gasteiger partial charge on any atom is 0.456 e. The molecule has 0 N–H and O–H groups in total. The van der Waals surface area contributed by atoms with Gasteiger partial charge in [-0.15, -0.1) is 5.10 Å². The van der Waals surface area contributed by atoms with Gasteiger partial charge in [0.2, 0.25) is 0 Å². The van der Waals surface area contributed by atoms with Gasteiger partial charge in [0.15, 0.2) is 5.69 Å². The summed E-state index contributed by atoms with van der Waals surface area (Å²) in [4.78, 5) is 15.0. The second kappa shape index (κ2) is 5.06. The summed E-state index contributed by atoms with van der Waals surface area (Å²) in [7, 11) is 0. The molecule has 0 bridgehead atoms. The van der Waals surface area contributed by atoms with Gasteiger partial charge in [-0.2, -0.15) is 13.2 Å². The van der Waals surface area contributed by atoms with E-state index in [1.807, 2.05) is 18.4 Å². The van der Waals surface area contributed by atoms with Crippen LogP contribution in [0.5, 0.6) is 0 Å². The van der Waals surface area contributed by atoms with Crippen molar-refractivity contribution in [3.63, 3.8) is 0 Å². The van der Waals surface area contributed by atoms with Crippen molar-refractivity contribution >= 4 is 5.78 Å². The second-order valence-electron chi connectivity index (χ2n) is 4.51. The van der Waals surface area contributed by atoms with Gasteiger partial charge < -0.3 is 4.57 Å². The van der Waals surface area contributed by atoms with Crippen LogP contribution in [-0.2, 0) is 6.54 Å². The summed E-state index contributed by atoms with van der Waals surface area (Å²) in [6, 6.07) is 0.160. The maximum atomic E-state index is 12.3. The molecule has 20 heavy (non-hydrogen) atoms. The molecule has 0 aliphatic heterocycles. The van der Waals surface area contributed by atoms with Crippen LogP contribution in [0.1, 0.15) is 36.1 Å². The highest BCUT2D eigenvalue weighted by molar-refractivity contribution is 5.98. The van der Waals surface area contributed by atoms with E-state index in [4.69, 9.17) is 0 Å². The summed E-state index contributed by atoms with van der Waals surface area (Å²) >= 11 is 0. The monoisotopic (exact) mass is 287 g/mol. The maximum absolute atomic E-state index is 12.3. The Balaban J connectivity index is 2.18. The third-order valence-electron chi connectivity index (χ3n) is 2.66. The van der Waals surface area contributed by atoms with Crippen LogP contribution < -0.4 is 0 Å². The molecule has 0 atom stereocenters. The van der Waals surface area contributed by atoms with Crippen molar-refractivity contribution in [3.05, 3.63) is 30.1 Å². The number of alkyl halides is 3. The van der Waals surface area contributed by atoms with E-state index in [0.717, 1.165) is 11.9 Å². The van der Waals surface area contributed by atoms with Crippen LogP contribution in [0.3, 0.4) is 0 Å². The summed E-state index contributed by atoms with van der Waals surface area (Å²) in [5.74, 6) is -2.00. The van der Waals surface area contributed by atoms with Gasteiger partial charge in [-0.25, -0.2) is 9.67 Å². The van der Waals surface area contributed by atoms with E-state index in [1.54, 1.807) is 12.5 Å². The molecule has 0 radical (unpaired) electrons. The van der Waals surface area contributed by atoms with Crippen LogP contribution in [0.2, 0.25) is 0 Å². The molecule has 6 nitrogen and oxygen atoms in total. The van der Waals surface area contributed by atoms with Crippen LogP contribution in [0.25, 0.3) is 0 Å². The molecule has 2 aromatic rings. The third kappa shape index (κ3) is 2.86. The first-order chi connectivity index (χ1) is 9.29. The Kier molecular flexibility index (Phi) is 3.60.